The maximum absolute atomic E-state index is 12.6. The van der Waals surface area contributed by atoms with Crippen molar-refractivity contribution in [2.24, 2.45) is 5.92 Å². The van der Waals surface area contributed by atoms with Gasteiger partial charge in [0.1, 0.15) is 17.2 Å². The molecule has 138 valence electrons. The van der Waals surface area contributed by atoms with Crippen LogP contribution in [-0.2, 0) is 14.3 Å². The van der Waals surface area contributed by atoms with Gasteiger partial charge in [-0.05, 0) is 60.3 Å². The highest BCUT2D eigenvalue weighted by molar-refractivity contribution is 5.82. The van der Waals surface area contributed by atoms with E-state index in [0.717, 1.165) is 19.3 Å². The fourth-order valence-corrected chi connectivity index (χ4v) is 2.79. The first-order valence-electron chi connectivity index (χ1n) is 8.30. The van der Waals surface area contributed by atoms with Crippen molar-refractivity contribution < 1.29 is 24.3 Å². The van der Waals surface area contributed by atoms with Gasteiger partial charge in [-0.1, -0.05) is 6.42 Å². The number of ether oxygens (including phenoxy) is 2. The Bertz CT molecular complexity index is 468. The lowest BCUT2D eigenvalue weighted by Crippen LogP contribution is -2.79. The maximum atomic E-state index is 12.6. The van der Waals surface area contributed by atoms with Gasteiger partial charge in [-0.3, -0.25) is 5.43 Å². The first-order chi connectivity index (χ1) is 10.9. The molecule has 0 spiro atoms. The molecule has 8 nitrogen and oxygen atoms in total. The molecule has 0 aliphatic heterocycles. The highest BCUT2D eigenvalue weighted by Gasteiger charge is 2.40. The minimum absolute atomic E-state index is 0.164. The van der Waals surface area contributed by atoms with E-state index in [0.29, 0.717) is 0 Å². The third-order valence-corrected chi connectivity index (χ3v) is 3.58. The molecule has 0 aromatic carbocycles. The van der Waals surface area contributed by atoms with E-state index in [1.165, 1.54) is 0 Å². The number of hydrogen-bond donors (Lipinski definition) is 3. The summed E-state index contributed by atoms with van der Waals surface area (Å²) in [6.07, 6.45) is 1.70. The number of amides is 1. The van der Waals surface area contributed by atoms with E-state index >= 15 is 0 Å². The van der Waals surface area contributed by atoms with E-state index in [2.05, 4.69) is 10.7 Å². The van der Waals surface area contributed by atoms with Crippen LogP contribution in [0.25, 0.3) is 5.53 Å². The summed E-state index contributed by atoms with van der Waals surface area (Å²) in [7, 11) is 0. The van der Waals surface area contributed by atoms with Crippen molar-refractivity contribution in [2.45, 2.75) is 84.1 Å². The summed E-state index contributed by atoms with van der Waals surface area (Å²) in [6, 6.07) is -1.02. The highest BCUT2D eigenvalue weighted by Crippen LogP contribution is 2.29. The van der Waals surface area contributed by atoms with Crippen LogP contribution < -0.4 is 16.0 Å². The van der Waals surface area contributed by atoms with E-state index in [9.17, 15) is 9.59 Å². The Labute approximate surface area is 143 Å². The Morgan fingerprint density at radius 3 is 2.17 bits per heavy atom. The van der Waals surface area contributed by atoms with Crippen LogP contribution >= 0.6 is 0 Å². The van der Waals surface area contributed by atoms with Crippen LogP contribution in [0, 0.1) is 5.92 Å². The number of nitrogens with zero attached hydrogens (tertiary/aromatic N) is 1. The summed E-state index contributed by atoms with van der Waals surface area (Å²) in [4.78, 5) is 24.7. The molecule has 3 N–H and O–H groups in total. The monoisotopic (exact) mass is 342 g/mol. The molecule has 0 heterocycles. The smallest absolute Gasteiger partial charge is 0.408 e. The lowest BCUT2D eigenvalue weighted by molar-refractivity contribution is -0.556. The number of hydrazine groups is 1. The topological polar surface area (TPSA) is 113 Å². The van der Waals surface area contributed by atoms with Gasteiger partial charge in [0.05, 0.1) is 0 Å². The zero-order valence-electron chi connectivity index (χ0n) is 15.4. The molecule has 1 saturated carbocycles. The minimum Gasteiger partial charge on any atom is -0.458 e. The van der Waals surface area contributed by atoms with Crippen molar-refractivity contribution in [2.75, 3.05) is 0 Å². The first kappa shape index (κ1) is 20.2. The third kappa shape index (κ3) is 6.72. The van der Waals surface area contributed by atoms with Gasteiger partial charge < -0.3 is 14.8 Å². The van der Waals surface area contributed by atoms with Crippen molar-refractivity contribution in [3.63, 3.8) is 0 Å². The number of rotatable bonds is 5. The molecule has 1 amide bonds. The second-order valence-corrected chi connectivity index (χ2v) is 8.11. The van der Waals surface area contributed by atoms with Crippen LogP contribution in [0.5, 0.6) is 0 Å². The van der Waals surface area contributed by atoms with E-state index in [-0.39, 0.29) is 12.0 Å². The highest BCUT2D eigenvalue weighted by atomic mass is 16.6. The van der Waals surface area contributed by atoms with Gasteiger partial charge in [-0.2, -0.15) is 10.8 Å². The molecule has 0 aromatic heterocycles. The molecule has 1 fully saturated rings. The molecular formula is C16H30N4O4. The zero-order valence-corrected chi connectivity index (χ0v) is 15.4. The average Bonchev–Trinajstić information content (AvgIpc) is 2.80. The number of esters is 1. The Morgan fingerprint density at radius 1 is 1.08 bits per heavy atom. The molecule has 0 unspecified atom stereocenters. The fourth-order valence-electron chi connectivity index (χ4n) is 2.79. The van der Waals surface area contributed by atoms with Crippen LogP contribution in [0.2, 0.25) is 0 Å². The van der Waals surface area contributed by atoms with Crippen molar-refractivity contribution in [1.82, 2.24) is 10.7 Å². The van der Waals surface area contributed by atoms with Gasteiger partial charge >= 0.3 is 12.1 Å². The molecule has 0 saturated heterocycles. The Morgan fingerprint density at radius 2 is 1.67 bits per heavy atom. The number of carbonyl (C=O) groups excluding carboxylic acids is 2. The van der Waals surface area contributed by atoms with Crippen LogP contribution in [-0.4, -0.2) is 35.3 Å². The zero-order chi connectivity index (χ0) is 18.5. The summed E-state index contributed by atoms with van der Waals surface area (Å²) in [5.74, 6) is -0.725. The predicted octanol–water partition coefficient (Wildman–Crippen LogP) is 0.997. The van der Waals surface area contributed by atoms with Crippen molar-refractivity contribution in [3.05, 3.63) is 5.53 Å². The lowest BCUT2D eigenvalue weighted by atomic mass is 9.94. The number of nitrogens with one attached hydrogen (secondary N) is 3. The first-order valence-corrected chi connectivity index (χ1v) is 8.30. The number of hydrogen-bond acceptors (Lipinski definition) is 4. The van der Waals surface area contributed by atoms with Gasteiger partial charge in [0, 0.05) is 6.04 Å². The van der Waals surface area contributed by atoms with E-state index in [1.807, 2.05) is 5.22 Å². The molecule has 1 aliphatic carbocycles. The molecule has 0 aromatic rings. The quantitative estimate of drug-likeness (QED) is 0.392. The largest absolute Gasteiger partial charge is 0.458 e. The van der Waals surface area contributed by atoms with Gasteiger partial charge in [-0.25, -0.2) is 9.59 Å². The third-order valence-electron chi connectivity index (χ3n) is 3.58. The number of carbonyl (C=O) groups is 2. The average molecular weight is 342 g/mol. The van der Waals surface area contributed by atoms with Gasteiger partial charge in [-0.15, -0.1) is 0 Å². The predicted molar refractivity (Wildman–Crippen MR) is 87.6 cm³/mol. The lowest BCUT2D eigenvalue weighted by Gasteiger charge is -2.31. The number of alkyl carbamates (subject to hydrolysis) is 1. The van der Waals surface area contributed by atoms with Crippen LogP contribution in [0.4, 0.5) is 4.79 Å². The van der Waals surface area contributed by atoms with Gasteiger partial charge in [0.2, 0.25) is 0 Å². The Kier molecular flexibility index (Phi) is 6.57. The Hall–Kier alpha value is -1.86. The molecule has 8 heteroatoms. The fraction of sp³-hybridized carbons (Fsp3) is 0.875. The van der Waals surface area contributed by atoms with E-state index in [1.54, 1.807) is 41.5 Å². The molecule has 3 atom stereocenters. The van der Waals surface area contributed by atoms with E-state index in [4.69, 9.17) is 15.0 Å². The summed E-state index contributed by atoms with van der Waals surface area (Å²) in [5, 5.41) is 4.57. The molecule has 24 heavy (non-hydrogen) atoms. The summed E-state index contributed by atoms with van der Waals surface area (Å²) in [6.45, 7) is 10.6. The maximum Gasteiger partial charge on any atom is 0.408 e. The standard InChI is InChI=1S/C16H30N4O4/c1-15(2,3)23-13(21)12(18-14(22)24-16(4,5)6)10-8-7-9-11(10)19-20-17/h10-12,20H,7-9H2,1-6H3,(H2-,17,18,19,22)/t10-,11+,12-/m0/s1. The molecule has 1 rings (SSSR count). The summed E-state index contributed by atoms with van der Waals surface area (Å²) < 4.78 is 10.7. The van der Waals surface area contributed by atoms with Crippen LogP contribution in [0.1, 0.15) is 60.8 Å². The molecule has 1 aliphatic rings. The Balaban J connectivity index is 2.92. The summed E-state index contributed by atoms with van der Waals surface area (Å²) >= 11 is 0. The van der Waals surface area contributed by atoms with Gasteiger partial charge in [0.15, 0.2) is 0 Å². The van der Waals surface area contributed by atoms with Crippen LogP contribution in [0.15, 0.2) is 0 Å². The second-order valence-electron chi connectivity index (χ2n) is 8.11. The molecule has 0 radical (unpaired) electrons. The van der Waals surface area contributed by atoms with E-state index < -0.39 is 29.3 Å². The summed E-state index contributed by atoms with van der Waals surface area (Å²) in [5.41, 5.74) is 10.3. The molecule has 0 bridgehead atoms. The molecular weight excluding hydrogens is 312 g/mol. The minimum atomic E-state index is -0.854. The van der Waals surface area contributed by atoms with Gasteiger partial charge in [0.25, 0.3) is 0 Å². The SMILES string of the molecule is CC(C)(C)OC(=O)N[C@H](C(=O)OC(C)(C)C)[C@H]1CCC[C@H]1N[NH+]=[N-]. The van der Waals surface area contributed by atoms with Crippen molar-refractivity contribution in [1.29, 1.82) is 0 Å². The normalized spacial score (nSPS) is 22.4. The second kappa shape index (κ2) is 7.81. The van der Waals surface area contributed by atoms with Crippen molar-refractivity contribution in [3.8, 4) is 0 Å². The van der Waals surface area contributed by atoms with Crippen LogP contribution in [0.3, 0.4) is 0 Å². The van der Waals surface area contributed by atoms with Crippen molar-refractivity contribution >= 4 is 12.1 Å².